The topological polar surface area (TPSA) is 119 Å². The summed E-state index contributed by atoms with van der Waals surface area (Å²) in [5.74, 6) is 2.12. The zero-order valence-corrected chi connectivity index (χ0v) is 19.5. The van der Waals surface area contributed by atoms with Crippen molar-refractivity contribution in [2.45, 2.75) is 71.0 Å². The molecule has 1 saturated heterocycles. The predicted octanol–water partition coefficient (Wildman–Crippen LogP) is 4.37. The van der Waals surface area contributed by atoms with Crippen molar-refractivity contribution in [3.05, 3.63) is 36.2 Å². The highest BCUT2D eigenvalue weighted by molar-refractivity contribution is 7.76. The number of hydrogen-bond acceptors (Lipinski definition) is 6. The molecule has 0 bridgehead atoms. The minimum atomic E-state index is -1.96. The van der Waals surface area contributed by atoms with E-state index < -0.39 is 11.3 Å². The Morgan fingerprint density at radius 1 is 1.25 bits per heavy atom. The lowest BCUT2D eigenvalue weighted by Gasteiger charge is -2.43. The van der Waals surface area contributed by atoms with Crippen molar-refractivity contribution >= 4 is 39.6 Å². The second kappa shape index (κ2) is 9.93. The van der Waals surface area contributed by atoms with Crippen LogP contribution in [0.3, 0.4) is 0 Å². The monoisotopic (exact) mass is 457 g/mol. The van der Waals surface area contributed by atoms with Crippen LogP contribution in [0.1, 0.15) is 51.6 Å². The molecule has 1 aliphatic heterocycles. The van der Waals surface area contributed by atoms with Crippen LogP contribution in [0.2, 0.25) is 0 Å². The Hall–Kier alpha value is -2.56. The van der Waals surface area contributed by atoms with Crippen molar-refractivity contribution in [1.82, 2.24) is 24.5 Å². The Kier molecular flexibility index (Phi) is 7.02. The third-order valence-corrected chi connectivity index (χ3v) is 6.97. The van der Waals surface area contributed by atoms with Crippen LogP contribution in [0.15, 0.2) is 30.5 Å². The van der Waals surface area contributed by atoms with Crippen LogP contribution in [-0.4, -0.2) is 51.4 Å². The molecule has 1 unspecified atom stereocenters. The molecule has 4 rings (SSSR count). The third kappa shape index (κ3) is 4.92. The van der Waals surface area contributed by atoms with E-state index in [0.29, 0.717) is 11.6 Å². The average Bonchev–Trinajstić information content (AvgIpc) is 3.17. The normalized spacial score (nSPS) is 22.7. The average molecular weight is 458 g/mol. The van der Waals surface area contributed by atoms with Crippen molar-refractivity contribution in [2.75, 3.05) is 10.6 Å². The van der Waals surface area contributed by atoms with Gasteiger partial charge in [-0.3, -0.25) is 14.6 Å². The van der Waals surface area contributed by atoms with Gasteiger partial charge in [-0.1, -0.05) is 20.3 Å². The first kappa shape index (κ1) is 22.6. The fraction of sp³-hybridized carbons (Fsp3) is 0.500. The summed E-state index contributed by atoms with van der Waals surface area (Å²) in [5, 5.41) is 15.0. The number of rotatable bonds is 8. The lowest BCUT2D eigenvalue weighted by atomic mass is 9.90. The summed E-state index contributed by atoms with van der Waals surface area (Å²) in [6.45, 7) is 6.14. The Bertz CT molecular complexity index is 1090. The van der Waals surface area contributed by atoms with E-state index in [1.54, 1.807) is 10.5 Å². The zero-order valence-electron chi connectivity index (χ0n) is 18.7. The lowest BCUT2D eigenvalue weighted by molar-refractivity contribution is 0.154. The van der Waals surface area contributed by atoms with Gasteiger partial charge in [-0.2, -0.15) is 9.40 Å². The Balaban J connectivity index is 1.63. The smallest absolute Gasteiger partial charge is 0.235 e. The summed E-state index contributed by atoms with van der Waals surface area (Å²) < 4.78 is 23.7. The highest BCUT2D eigenvalue weighted by Gasteiger charge is 2.37. The molecule has 0 amide bonds. The molecule has 0 saturated carbocycles. The first-order chi connectivity index (χ1) is 15.5. The SMILES string of the molecule is CCC[C@H]1C[C@H](Nc2nc(Nc3cc(C)[nH]n3)cc3ncccc23)C[C@@H](CC)N1S(=O)O. The van der Waals surface area contributed by atoms with Crippen molar-refractivity contribution in [1.29, 1.82) is 0 Å². The number of anilines is 3. The van der Waals surface area contributed by atoms with Crippen LogP contribution < -0.4 is 10.6 Å². The standard InChI is InChI=1S/C22H31N7O2S/c1-4-7-17-12-15(11-16(5-2)29(17)32(30)31)24-22-18-8-6-9-23-19(18)13-20(26-22)25-21-10-14(3)27-28-21/h6,8-10,13,15-17H,4-5,7,11-12H2,1-3H3,(H,30,31)(H3,24,25,26,27,28)/t15-,16-,17+/m1/s1. The van der Waals surface area contributed by atoms with Crippen LogP contribution in [-0.2, 0) is 11.3 Å². The first-order valence-electron chi connectivity index (χ1n) is 11.2. The van der Waals surface area contributed by atoms with Crippen LogP contribution in [0.25, 0.3) is 10.9 Å². The number of piperidine rings is 1. The van der Waals surface area contributed by atoms with Gasteiger partial charge < -0.3 is 10.6 Å². The van der Waals surface area contributed by atoms with E-state index in [4.69, 9.17) is 4.98 Å². The molecular weight excluding hydrogens is 426 g/mol. The predicted molar refractivity (Wildman–Crippen MR) is 128 cm³/mol. The minimum absolute atomic E-state index is 0.0429. The number of pyridine rings is 2. The third-order valence-electron chi connectivity index (χ3n) is 6.01. The lowest BCUT2D eigenvalue weighted by Crippen LogP contribution is -2.52. The van der Waals surface area contributed by atoms with Gasteiger partial charge in [0.25, 0.3) is 0 Å². The maximum Gasteiger partial charge on any atom is 0.235 e. The highest BCUT2D eigenvalue weighted by atomic mass is 32.2. The van der Waals surface area contributed by atoms with E-state index in [1.807, 2.05) is 31.2 Å². The number of aromatic amines is 1. The number of H-pyrrole nitrogens is 1. The maximum atomic E-state index is 12.0. The molecule has 4 N–H and O–H groups in total. The molecular formula is C22H31N7O2S. The summed E-state index contributed by atoms with van der Waals surface area (Å²) in [5.41, 5.74) is 1.80. The fourth-order valence-electron chi connectivity index (χ4n) is 4.61. The highest BCUT2D eigenvalue weighted by Crippen LogP contribution is 2.32. The molecule has 172 valence electrons. The Labute approximate surface area is 190 Å². The van der Waals surface area contributed by atoms with E-state index in [-0.39, 0.29) is 18.1 Å². The molecule has 0 radical (unpaired) electrons. The quantitative estimate of drug-likeness (QED) is 0.371. The molecule has 4 heterocycles. The largest absolute Gasteiger partial charge is 0.367 e. The number of nitrogens with one attached hydrogen (secondary N) is 3. The van der Waals surface area contributed by atoms with Gasteiger partial charge in [0.2, 0.25) is 11.3 Å². The summed E-state index contributed by atoms with van der Waals surface area (Å²) in [6, 6.07) is 8.00. The van der Waals surface area contributed by atoms with Crippen LogP contribution in [0.4, 0.5) is 17.5 Å². The molecule has 3 aromatic rings. The molecule has 4 atom stereocenters. The van der Waals surface area contributed by atoms with E-state index in [0.717, 1.165) is 54.5 Å². The maximum absolute atomic E-state index is 12.0. The van der Waals surface area contributed by atoms with Gasteiger partial charge in [0.05, 0.1) is 5.52 Å². The van der Waals surface area contributed by atoms with Crippen molar-refractivity contribution in [3.8, 4) is 0 Å². The number of hydrogen-bond donors (Lipinski definition) is 4. The Morgan fingerprint density at radius 3 is 2.75 bits per heavy atom. The van der Waals surface area contributed by atoms with Gasteiger partial charge in [0.15, 0.2) is 5.82 Å². The molecule has 0 aromatic carbocycles. The molecule has 3 aromatic heterocycles. The second-order valence-electron chi connectivity index (χ2n) is 8.40. The number of aryl methyl sites for hydroxylation is 1. The first-order valence-corrected chi connectivity index (χ1v) is 12.3. The number of fused-ring (bicyclic) bond motifs is 1. The molecule has 9 nitrogen and oxygen atoms in total. The summed E-state index contributed by atoms with van der Waals surface area (Å²) >= 11 is -1.96. The molecule has 0 aliphatic carbocycles. The molecule has 0 spiro atoms. The van der Waals surface area contributed by atoms with Crippen LogP contribution >= 0.6 is 0 Å². The number of aromatic nitrogens is 4. The molecule has 1 aliphatic rings. The fourth-order valence-corrected chi connectivity index (χ4v) is 5.55. The van der Waals surface area contributed by atoms with E-state index in [1.165, 1.54) is 0 Å². The van der Waals surface area contributed by atoms with E-state index in [2.05, 4.69) is 39.7 Å². The van der Waals surface area contributed by atoms with Crippen LogP contribution in [0, 0.1) is 6.92 Å². The van der Waals surface area contributed by atoms with E-state index in [9.17, 15) is 8.76 Å². The second-order valence-corrected chi connectivity index (χ2v) is 9.28. The van der Waals surface area contributed by atoms with Gasteiger partial charge in [-0.05, 0) is 44.7 Å². The molecule has 10 heteroatoms. The van der Waals surface area contributed by atoms with E-state index >= 15 is 0 Å². The molecule has 1 fully saturated rings. The van der Waals surface area contributed by atoms with Gasteiger partial charge >= 0.3 is 0 Å². The van der Waals surface area contributed by atoms with Crippen LogP contribution in [0.5, 0.6) is 0 Å². The van der Waals surface area contributed by atoms with Crippen molar-refractivity contribution in [3.63, 3.8) is 0 Å². The minimum Gasteiger partial charge on any atom is -0.367 e. The van der Waals surface area contributed by atoms with Gasteiger partial charge in [-0.15, -0.1) is 0 Å². The van der Waals surface area contributed by atoms with Gasteiger partial charge in [0.1, 0.15) is 11.6 Å². The summed E-state index contributed by atoms with van der Waals surface area (Å²) in [4.78, 5) is 9.36. The van der Waals surface area contributed by atoms with Gasteiger partial charge in [0, 0.05) is 47.5 Å². The Morgan fingerprint density at radius 2 is 2.06 bits per heavy atom. The molecule has 32 heavy (non-hydrogen) atoms. The zero-order chi connectivity index (χ0) is 22.7. The summed E-state index contributed by atoms with van der Waals surface area (Å²) in [7, 11) is 0. The van der Waals surface area contributed by atoms with Gasteiger partial charge in [-0.25, -0.2) is 9.19 Å². The summed E-state index contributed by atoms with van der Waals surface area (Å²) in [6.07, 6.45) is 6.01. The van der Waals surface area contributed by atoms with Crippen molar-refractivity contribution < 1.29 is 8.76 Å². The van der Waals surface area contributed by atoms with Crippen molar-refractivity contribution in [2.24, 2.45) is 0 Å². The number of nitrogens with zero attached hydrogens (tertiary/aromatic N) is 4.